The number of carbonyl (C=O) groups is 2. The van der Waals surface area contributed by atoms with E-state index in [2.05, 4.69) is 4.98 Å². The van der Waals surface area contributed by atoms with Gasteiger partial charge in [-0.2, -0.15) is 13.2 Å². The highest BCUT2D eigenvalue weighted by atomic mass is 19.4. The summed E-state index contributed by atoms with van der Waals surface area (Å²) in [5.74, 6) is -3.95. The zero-order valence-corrected chi connectivity index (χ0v) is 15.1. The van der Waals surface area contributed by atoms with Crippen LogP contribution in [-0.4, -0.2) is 38.0 Å². The van der Waals surface area contributed by atoms with Gasteiger partial charge in [0.15, 0.2) is 0 Å². The first kappa shape index (κ1) is 21.1. The number of nitrogens with one attached hydrogen (secondary N) is 2. The number of pyridine rings is 1. The average Bonchev–Trinajstić information content (AvgIpc) is 2.59. The third-order valence-corrected chi connectivity index (χ3v) is 4.10. The number of hydrogen-bond donors (Lipinski definition) is 2. The first-order valence-electron chi connectivity index (χ1n) is 8.07. The molecule has 28 heavy (non-hydrogen) atoms. The monoisotopic (exact) mass is 402 g/mol. The molecule has 0 aliphatic rings. The van der Waals surface area contributed by atoms with Crippen molar-refractivity contribution in [3.05, 3.63) is 43.5 Å². The summed E-state index contributed by atoms with van der Waals surface area (Å²) in [6.45, 7) is 1.95. The Morgan fingerprint density at radius 2 is 1.79 bits per heavy atom. The molecule has 12 heteroatoms. The Morgan fingerprint density at radius 3 is 2.32 bits per heavy atom. The Kier molecular flexibility index (Phi) is 5.62. The SMILES string of the molecule is CC(C)C(NC(=O)Cn1ccc2c(=O)n(C)c(=O)[nH]c2c1=O)C(=O)C(F)(F)F. The number of Topliss-reactive ketones (excluding diaryl/α,β-unsaturated/α-hetero) is 1. The topological polar surface area (TPSA) is 123 Å². The minimum atomic E-state index is -5.12. The van der Waals surface area contributed by atoms with Crippen molar-refractivity contribution in [3.8, 4) is 0 Å². The molecule has 0 aromatic carbocycles. The molecular weight excluding hydrogens is 385 g/mol. The van der Waals surface area contributed by atoms with Crippen LogP contribution in [0.4, 0.5) is 13.2 Å². The van der Waals surface area contributed by atoms with E-state index in [0.29, 0.717) is 0 Å². The van der Waals surface area contributed by atoms with Crippen LogP contribution >= 0.6 is 0 Å². The lowest BCUT2D eigenvalue weighted by Gasteiger charge is -2.22. The van der Waals surface area contributed by atoms with Crippen LogP contribution in [0.5, 0.6) is 0 Å². The summed E-state index contributed by atoms with van der Waals surface area (Å²) in [6.07, 6.45) is -4.03. The summed E-state index contributed by atoms with van der Waals surface area (Å²) in [4.78, 5) is 61.9. The molecule has 0 radical (unpaired) electrons. The second-order valence-corrected chi connectivity index (χ2v) is 6.48. The number of ketones is 1. The van der Waals surface area contributed by atoms with Gasteiger partial charge in [0.1, 0.15) is 12.1 Å². The van der Waals surface area contributed by atoms with Crippen molar-refractivity contribution in [1.82, 2.24) is 19.4 Å². The Balaban J connectivity index is 2.35. The molecule has 152 valence electrons. The fourth-order valence-corrected chi connectivity index (χ4v) is 2.55. The molecule has 1 amide bonds. The van der Waals surface area contributed by atoms with E-state index >= 15 is 0 Å². The van der Waals surface area contributed by atoms with Gasteiger partial charge in [-0.3, -0.25) is 23.7 Å². The fraction of sp³-hybridized carbons (Fsp3) is 0.438. The normalized spacial score (nSPS) is 13.0. The summed E-state index contributed by atoms with van der Waals surface area (Å²) in [5, 5.41) is 1.89. The molecule has 2 N–H and O–H groups in total. The van der Waals surface area contributed by atoms with E-state index in [0.717, 1.165) is 15.3 Å². The molecule has 9 nitrogen and oxygen atoms in total. The summed E-state index contributed by atoms with van der Waals surface area (Å²) in [7, 11) is 1.21. The first-order chi connectivity index (χ1) is 12.8. The number of hydrogen-bond acceptors (Lipinski definition) is 5. The third-order valence-electron chi connectivity index (χ3n) is 4.10. The summed E-state index contributed by atoms with van der Waals surface area (Å²) in [6, 6.07) is -0.612. The maximum Gasteiger partial charge on any atom is 0.452 e. The Morgan fingerprint density at radius 1 is 1.18 bits per heavy atom. The summed E-state index contributed by atoms with van der Waals surface area (Å²) < 4.78 is 39.6. The van der Waals surface area contributed by atoms with Crippen molar-refractivity contribution >= 4 is 22.6 Å². The number of rotatable bonds is 5. The fourth-order valence-electron chi connectivity index (χ4n) is 2.55. The van der Waals surface area contributed by atoms with E-state index in [1.807, 2.05) is 5.32 Å². The lowest BCUT2D eigenvalue weighted by Crippen LogP contribution is -2.50. The Hall–Kier alpha value is -3.18. The van der Waals surface area contributed by atoms with Crippen molar-refractivity contribution in [2.45, 2.75) is 32.6 Å². The lowest BCUT2D eigenvalue weighted by molar-refractivity contribution is -0.174. The van der Waals surface area contributed by atoms with Crippen LogP contribution in [0.15, 0.2) is 26.6 Å². The van der Waals surface area contributed by atoms with Gasteiger partial charge in [0.25, 0.3) is 16.9 Å². The van der Waals surface area contributed by atoms with Crippen molar-refractivity contribution in [3.63, 3.8) is 0 Å². The van der Waals surface area contributed by atoms with E-state index in [4.69, 9.17) is 0 Å². The second kappa shape index (κ2) is 7.44. The first-order valence-corrected chi connectivity index (χ1v) is 8.07. The second-order valence-electron chi connectivity index (χ2n) is 6.48. The number of halogens is 3. The van der Waals surface area contributed by atoms with Crippen LogP contribution in [-0.2, 0) is 23.2 Å². The highest BCUT2D eigenvalue weighted by molar-refractivity contribution is 5.93. The zero-order valence-electron chi connectivity index (χ0n) is 15.1. The van der Waals surface area contributed by atoms with E-state index in [9.17, 15) is 37.1 Å². The molecule has 2 aromatic rings. The average molecular weight is 402 g/mol. The largest absolute Gasteiger partial charge is 0.452 e. The number of nitrogens with zero attached hydrogens (tertiary/aromatic N) is 2. The van der Waals surface area contributed by atoms with Gasteiger partial charge in [-0.15, -0.1) is 0 Å². The minimum absolute atomic E-state index is 0.0870. The summed E-state index contributed by atoms with van der Waals surface area (Å²) in [5.41, 5.74) is -2.78. The van der Waals surface area contributed by atoms with Gasteiger partial charge in [0, 0.05) is 13.2 Å². The van der Waals surface area contributed by atoms with Crippen LogP contribution in [0, 0.1) is 5.92 Å². The quantitative estimate of drug-likeness (QED) is 0.709. The van der Waals surface area contributed by atoms with Crippen LogP contribution in [0.25, 0.3) is 10.9 Å². The molecule has 2 rings (SSSR count). The molecule has 0 aliphatic heterocycles. The molecule has 2 heterocycles. The summed E-state index contributed by atoms with van der Waals surface area (Å²) >= 11 is 0. The van der Waals surface area contributed by atoms with Gasteiger partial charge in [-0.05, 0) is 12.0 Å². The molecule has 0 saturated heterocycles. The standard InChI is InChI=1S/C16H17F3N4O5/c1-7(2)10(12(25)16(17,18)19)20-9(24)6-23-5-4-8-11(14(23)27)21-15(28)22(3)13(8)26/h4-5,7,10H,6H2,1-3H3,(H,20,24)(H,21,28). The van der Waals surface area contributed by atoms with E-state index < -0.39 is 53.2 Å². The predicted octanol–water partition coefficient (Wildman–Crippen LogP) is -0.339. The maximum atomic E-state index is 12.7. The highest BCUT2D eigenvalue weighted by Gasteiger charge is 2.44. The molecule has 1 atom stereocenters. The Labute approximate surface area is 154 Å². The number of fused-ring (bicyclic) bond motifs is 1. The third kappa shape index (κ3) is 4.05. The van der Waals surface area contributed by atoms with Crippen LogP contribution in [0.1, 0.15) is 13.8 Å². The van der Waals surface area contributed by atoms with Crippen LogP contribution in [0.2, 0.25) is 0 Å². The van der Waals surface area contributed by atoms with Crippen LogP contribution < -0.4 is 22.1 Å². The van der Waals surface area contributed by atoms with Gasteiger partial charge in [-0.25, -0.2) is 4.79 Å². The number of carbonyl (C=O) groups excluding carboxylic acids is 2. The minimum Gasteiger partial charge on any atom is -0.344 e. The van der Waals surface area contributed by atoms with Crippen molar-refractivity contribution in [2.75, 3.05) is 0 Å². The zero-order chi connectivity index (χ0) is 21.4. The Bertz CT molecular complexity index is 1110. The predicted molar refractivity (Wildman–Crippen MR) is 91.9 cm³/mol. The van der Waals surface area contributed by atoms with Crippen molar-refractivity contribution in [1.29, 1.82) is 0 Å². The van der Waals surface area contributed by atoms with E-state index in [-0.39, 0.29) is 10.9 Å². The smallest absolute Gasteiger partial charge is 0.344 e. The van der Waals surface area contributed by atoms with Gasteiger partial charge < -0.3 is 14.9 Å². The number of H-pyrrole nitrogens is 1. The molecule has 0 aliphatic carbocycles. The van der Waals surface area contributed by atoms with Crippen LogP contribution in [0.3, 0.4) is 0 Å². The number of aromatic nitrogens is 3. The van der Waals surface area contributed by atoms with Crippen molar-refractivity contribution < 1.29 is 22.8 Å². The number of alkyl halides is 3. The van der Waals surface area contributed by atoms with E-state index in [1.54, 1.807) is 0 Å². The van der Waals surface area contributed by atoms with Gasteiger partial charge in [0.05, 0.1) is 11.4 Å². The van der Waals surface area contributed by atoms with Gasteiger partial charge in [-0.1, -0.05) is 13.8 Å². The number of amides is 1. The maximum absolute atomic E-state index is 12.7. The highest BCUT2D eigenvalue weighted by Crippen LogP contribution is 2.21. The molecule has 0 saturated carbocycles. The van der Waals surface area contributed by atoms with Gasteiger partial charge in [0.2, 0.25) is 5.91 Å². The molecule has 1 unspecified atom stereocenters. The van der Waals surface area contributed by atoms with E-state index in [1.165, 1.54) is 27.0 Å². The molecular formula is C16H17F3N4O5. The molecule has 0 bridgehead atoms. The molecule has 2 aromatic heterocycles. The van der Waals surface area contributed by atoms with Gasteiger partial charge >= 0.3 is 11.9 Å². The molecule has 0 fully saturated rings. The number of aromatic amines is 1. The van der Waals surface area contributed by atoms with Crippen molar-refractivity contribution in [2.24, 2.45) is 13.0 Å². The lowest BCUT2D eigenvalue weighted by atomic mass is 9.99. The molecule has 0 spiro atoms.